The zero-order valence-corrected chi connectivity index (χ0v) is 11.8. The zero-order chi connectivity index (χ0) is 14.3. The second kappa shape index (κ2) is 7.76. The molecule has 3 N–H and O–H groups in total. The van der Waals surface area contributed by atoms with Crippen LogP contribution < -0.4 is 11.1 Å². The third-order valence-corrected chi connectivity index (χ3v) is 3.05. The molecule has 0 aliphatic carbocycles. The lowest BCUT2D eigenvalue weighted by atomic mass is 10.2. The Hall–Kier alpha value is -1.59. The summed E-state index contributed by atoms with van der Waals surface area (Å²) in [5.74, 6) is -0.0366. The van der Waals surface area contributed by atoms with Crippen molar-refractivity contribution in [1.29, 1.82) is 0 Å². The molecule has 1 atom stereocenters. The number of hydrogen-bond donors (Lipinski definition) is 2. The Morgan fingerprint density at radius 3 is 2.89 bits per heavy atom. The number of rotatable bonds is 7. The molecule has 0 saturated carbocycles. The maximum atomic E-state index is 12.1. The molecule has 0 saturated heterocycles. The molecule has 1 aromatic carbocycles. The Balaban J connectivity index is 2.48. The first-order valence-corrected chi connectivity index (χ1v) is 6.40. The Labute approximate surface area is 114 Å². The molecule has 1 unspecified atom stereocenters. The third kappa shape index (κ3) is 5.28. The summed E-state index contributed by atoms with van der Waals surface area (Å²) in [6.45, 7) is 3.40. The highest BCUT2D eigenvalue weighted by molar-refractivity contribution is 5.94. The number of anilines is 2. The van der Waals surface area contributed by atoms with Crippen LogP contribution in [0.15, 0.2) is 24.3 Å². The van der Waals surface area contributed by atoms with Gasteiger partial charge in [-0.3, -0.25) is 9.69 Å². The number of amides is 1. The van der Waals surface area contributed by atoms with Gasteiger partial charge in [0.15, 0.2) is 0 Å². The number of nitrogens with two attached hydrogens (primary N) is 1. The molecule has 0 heterocycles. The Morgan fingerprint density at radius 2 is 2.26 bits per heavy atom. The molecule has 0 aliphatic heterocycles. The number of methoxy groups -OCH3 is 1. The second-order valence-electron chi connectivity index (χ2n) is 4.62. The van der Waals surface area contributed by atoms with Gasteiger partial charge in [0.2, 0.25) is 5.91 Å². The highest BCUT2D eigenvalue weighted by Gasteiger charge is 2.17. The van der Waals surface area contributed by atoms with Gasteiger partial charge in [-0.25, -0.2) is 0 Å². The highest BCUT2D eigenvalue weighted by Crippen LogP contribution is 2.12. The van der Waals surface area contributed by atoms with Crippen molar-refractivity contribution in [3.05, 3.63) is 24.3 Å². The van der Waals surface area contributed by atoms with Gasteiger partial charge >= 0.3 is 0 Å². The highest BCUT2D eigenvalue weighted by atomic mass is 16.5. The fourth-order valence-electron chi connectivity index (χ4n) is 1.72. The summed E-state index contributed by atoms with van der Waals surface area (Å²) >= 11 is 0. The molecule has 1 amide bonds. The first kappa shape index (κ1) is 15.5. The van der Waals surface area contributed by atoms with Crippen LogP contribution in [0.3, 0.4) is 0 Å². The van der Waals surface area contributed by atoms with E-state index in [-0.39, 0.29) is 11.9 Å². The smallest absolute Gasteiger partial charge is 0.241 e. The van der Waals surface area contributed by atoms with Crippen molar-refractivity contribution in [2.24, 2.45) is 0 Å². The summed E-state index contributed by atoms with van der Waals surface area (Å²) < 4.78 is 5.00. The van der Waals surface area contributed by atoms with Crippen molar-refractivity contribution in [2.45, 2.75) is 19.4 Å². The van der Waals surface area contributed by atoms with Gasteiger partial charge in [-0.05, 0) is 38.6 Å². The van der Waals surface area contributed by atoms with Crippen molar-refractivity contribution in [3.8, 4) is 0 Å². The van der Waals surface area contributed by atoms with Crippen LogP contribution in [0.25, 0.3) is 0 Å². The second-order valence-corrected chi connectivity index (χ2v) is 4.62. The van der Waals surface area contributed by atoms with Crippen LogP contribution in [0.2, 0.25) is 0 Å². The van der Waals surface area contributed by atoms with E-state index in [1.54, 1.807) is 19.2 Å². The molecule has 0 aliphatic rings. The predicted octanol–water partition coefficient (Wildman–Crippen LogP) is 1.56. The summed E-state index contributed by atoms with van der Waals surface area (Å²) in [4.78, 5) is 14.1. The number of benzene rings is 1. The van der Waals surface area contributed by atoms with Crippen LogP contribution in [-0.4, -0.2) is 44.2 Å². The minimum atomic E-state index is -0.196. The van der Waals surface area contributed by atoms with Gasteiger partial charge in [-0.15, -0.1) is 0 Å². The van der Waals surface area contributed by atoms with E-state index < -0.39 is 0 Å². The topological polar surface area (TPSA) is 67.6 Å². The van der Waals surface area contributed by atoms with E-state index in [4.69, 9.17) is 10.5 Å². The average molecular weight is 265 g/mol. The summed E-state index contributed by atoms with van der Waals surface area (Å²) in [6.07, 6.45) is 0.906. The van der Waals surface area contributed by atoms with Crippen LogP contribution in [0.4, 0.5) is 11.4 Å². The van der Waals surface area contributed by atoms with Crippen molar-refractivity contribution in [1.82, 2.24) is 4.90 Å². The average Bonchev–Trinajstić information content (AvgIpc) is 2.38. The molecular formula is C14H23N3O2. The maximum Gasteiger partial charge on any atom is 0.241 e. The fraction of sp³-hybridized carbons (Fsp3) is 0.500. The van der Waals surface area contributed by atoms with E-state index in [1.807, 2.05) is 31.0 Å². The first-order valence-electron chi connectivity index (χ1n) is 6.40. The van der Waals surface area contributed by atoms with Gasteiger partial charge in [0.1, 0.15) is 0 Å². The maximum absolute atomic E-state index is 12.1. The van der Waals surface area contributed by atoms with E-state index in [1.165, 1.54) is 0 Å². The van der Waals surface area contributed by atoms with Crippen molar-refractivity contribution in [3.63, 3.8) is 0 Å². The number of hydrogen-bond acceptors (Lipinski definition) is 4. The van der Waals surface area contributed by atoms with E-state index in [0.29, 0.717) is 12.3 Å². The predicted molar refractivity (Wildman–Crippen MR) is 78.1 cm³/mol. The fourth-order valence-corrected chi connectivity index (χ4v) is 1.72. The first-order chi connectivity index (χ1) is 9.04. The van der Waals surface area contributed by atoms with E-state index in [2.05, 4.69) is 5.32 Å². The number of ether oxygens (including phenoxy) is 1. The van der Waals surface area contributed by atoms with Gasteiger partial charge in [0, 0.05) is 31.6 Å². The number of likely N-dealkylation sites (N-methyl/N-ethyl adjacent to an activating group) is 1. The van der Waals surface area contributed by atoms with Gasteiger partial charge in [0.05, 0.1) is 6.04 Å². The van der Waals surface area contributed by atoms with Gasteiger partial charge in [-0.2, -0.15) is 0 Å². The lowest BCUT2D eigenvalue weighted by molar-refractivity contribution is -0.120. The summed E-state index contributed by atoms with van der Waals surface area (Å²) in [6, 6.07) is 6.98. The van der Waals surface area contributed by atoms with E-state index >= 15 is 0 Å². The van der Waals surface area contributed by atoms with Crippen LogP contribution in [-0.2, 0) is 9.53 Å². The van der Waals surface area contributed by atoms with Gasteiger partial charge < -0.3 is 15.8 Å². The summed E-state index contributed by atoms with van der Waals surface area (Å²) in [5, 5.41) is 2.86. The molecule has 1 rings (SSSR count). The summed E-state index contributed by atoms with van der Waals surface area (Å²) in [5.41, 5.74) is 7.04. The Kier molecular flexibility index (Phi) is 6.32. The SMILES string of the molecule is COCCCN(C)C(C)C(=O)Nc1cccc(N)c1. The number of carbonyl (C=O) groups excluding carboxylic acids is 1. The third-order valence-electron chi connectivity index (χ3n) is 3.05. The number of carbonyl (C=O) groups is 1. The molecule has 0 bridgehead atoms. The minimum absolute atomic E-state index is 0.0366. The quantitative estimate of drug-likeness (QED) is 0.580. The van der Waals surface area contributed by atoms with Crippen LogP contribution in [0.1, 0.15) is 13.3 Å². The molecule has 1 aromatic rings. The molecule has 0 spiro atoms. The normalized spacial score (nSPS) is 12.4. The molecule has 106 valence electrons. The standard InChI is InChI=1S/C14H23N3O2/c1-11(17(2)8-5-9-19-3)14(18)16-13-7-4-6-12(15)10-13/h4,6-7,10-11H,5,8-9,15H2,1-3H3,(H,16,18). The number of nitrogen functional groups attached to an aromatic ring is 1. The zero-order valence-electron chi connectivity index (χ0n) is 11.8. The van der Waals surface area contributed by atoms with Gasteiger partial charge in [0.25, 0.3) is 0 Å². The van der Waals surface area contributed by atoms with Crippen LogP contribution in [0.5, 0.6) is 0 Å². The molecule has 5 nitrogen and oxygen atoms in total. The molecule has 5 heteroatoms. The molecule has 0 aromatic heterocycles. The van der Waals surface area contributed by atoms with Crippen molar-refractivity contribution >= 4 is 17.3 Å². The monoisotopic (exact) mass is 265 g/mol. The minimum Gasteiger partial charge on any atom is -0.399 e. The van der Waals surface area contributed by atoms with Crippen LogP contribution in [0, 0.1) is 0 Å². The molecule has 19 heavy (non-hydrogen) atoms. The molecule has 0 fully saturated rings. The largest absolute Gasteiger partial charge is 0.399 e. The molecular weight excluding hydrogens is 242 g/mol. The summed E-state index contributed by atoms with van der Waals surface area (Å²) in [7, 11) is 3.61. The lowest BCUT2D eigenvalue weighted by Crippen LogP contribution is -2.40. The van der Waals surface area contributed by atoms with E-state index in [0.717, 1.165) is 18.7 Å². The lowest BCUT2D eigenvalue weighted by Gasteiger charge is -2.23. The van der Waals surface area contributed by atoms with E-state index in [9.17, 15) is 4.79 Å². The van der Waals surface area contributed by atoms with Crippen LogP contribution >= 0.6 is 0 Å². The van der Waals surface area contributed by atoms with Crippen molar-refractivity contribution < 1.29 is 9.53 Å². The number of nitrogens with zero attached hydrogens (tertiary/aromatic N) is 1. The number of nitrogens with one attached hydrogen (secondary N) is 1. The van der Waals surface area contributed by atoms with Gasteiger partial charge in [-0.1, -0.05) is 6.07 Å². The Morgan fingerprint density at radius 1 is 1.53 bits per heavy atom. The Bertz CT molecular complexity index is 409. The molecule has 0 radical (unpaired) electrons. The van der Waals surface area contributed by atoms with Crippen molar-refractivity contribution in [2.75, 3.05) is 38.4 Å².